The third-order valence-electron chi connectivity index (χ3n) is 11.7. The van der Waals surface area contributed by atoms with Gasteiger partial charge in [0.15, 0.2) is 0 Å². The SMILES string of the molecule is CC(C)C[C@H](NC(=O)[C@@H]1CCCN1C(=O)[C@H](CO)NC(=O)[C@@H](NC(=O)[C@H](Cc1cnc[nH]1)NC(=O)[C@@H](N)CC(C)C)[C@@H](C)O)C(=O)N[C@@H](CS)C(=O)N[C@H](C(=O)N[C@H](C(=O)N[C@@H](CC(N)=O)C(=O)O)[C@@H](C)O)[C@@H](C)O. The molecule has 2 heterocycles. The largest absolute Gasteiger partial charge is 0.480 e. The van der Waals surface area contributed by atoms with Gasteiger partial charge in [-0.05, 0) is 58.3 Å². The zero-order valence-corrected chi connectivity index (χ0v) is 43.8. The summed E-state index contributed by atoms with van der Waals surface area (Å²) >= 11 is 4.15. The number of aliphatic carboxylic acids is 1. The van der Waals surface area contributed by atoms with Crippen molar-refractivity contribution in [1.82, 2.24) is 57.4 Å². The molecule has 13 atom stereocenters. The van der Waals surface area contributed by atoms with E-state index in [4.69, 9.17) is 11.5 Å². The van der Waals surface area contributed by atoms with E-state index in [1.165, 1.54) is 19.4 Å². The van der Waals surface area contributed by atoms with Gasteiger partial charge in [0.2, 0.25) is 59.1 Å². The quantitative estimate of drug-likeness (QED) is 0.0307. The topological polar surface area (TPSA) is 469 Å². The number of nitrogens with zero attached hydrogens (tertiary/aromatic N) is 2. The van der Waals surface area contributed by atoms with E-state index in [1.807, 2.05) is 19.2 Å². The fourth-order valence-corrected chi connectivity index (χ4v) is 7.99. The molecule has 1 aliphatic rings. The summed E-state index contributed by atoms with van der Waals surface area (Å²) in [5.41, 5.74) is 11.5. The molecule has 1 aromatic rings. The molecule has 75 heavy (non-hydrogen) atoms. The summed E-state index contributed by atoms with van der Waals surface area (Å²) in [6.07, 6.45) is -2.48. The Morgan fingerprint density at radius 2 is 1.13 bits per heavy atom. The lowest BCUT2D eigenvalue weighted by Gasteiger charge is -2.31. The van der Waals surface area contributed by atoms with Crippen LogP contribution in [0.3, 0.4) is 0 Å². The van der Waals surface area contributed by atoms with Gasteiger partial charge in [0.1, 0.15) is 54.4 Å². The smallest absolute Gasteiger partial charge is 0.326 e. The number of hydrogen-bond acceptors (Lipinski definition) is 18. The van der Waals surface area contributed by atoms with Gasteiger partial charge in [-0.3, -0.25) is 47.9 Å². The molecule has 2 rings (SSSR count). The number of aliphatic hydroxyl groups excluding tert-OH is 4. The predicted octanol–water partition coefficient (Wildman–Crippen LogP) is -6.73. The highest BCUT2D eigenvalue weighted by Gasteiger charge is 2.41. The van der Waals surface area contributed by atoms with Crippen LogP contribution < -0.4 is 54.0 Å². The number of rotatable bonds is 31. The molecule has 30 heteroatoms. The van der Waals surface area contributed by atoms with Crippen molar-refractivity contribution in [2.75, 3.05) is 18.9 Å². The number of aliphatic hydroxyl groups is 4. The molecular weight excluding hydrogens is 1010 g/mol. The maximum absolute atomic E-state index is 14.0. The number of nitrogens with two attached hydrogens (primary N) is 2. The molecule has 0 aliphatic carbocycles. The molecule has 18 N–H and O–H groups in total. The molecular formula is C45H75N13O16S. The first-order chi connectivity index (χ1) is 35.0. The number of carbonyl (C=O) groups is 11. The van der Waals surface area contributed by atoms with E-state index in [0.717, 1.165) is 18.7 Å². The first kappa shape index (κ1) is 64.6. The molecule has 0 spiro atoms. The van der Waals surface area contributed by atoms with Crippen LogP contribution in [0.5, 0.6) is 0 Å². The molecule has 0 saturated carbocycles. The van der Waals surface area contributed by atoms with Crippen LogP contribution in [-0.2, 0) is 59.2 Å². The van der Waals surface area contributed by atoms with Gasteiger partial charge in [-0.25, -0.2) is 9.78 Å². The summed E-state index contributed by atoms with van der Waals surface area (Å²) in [6, 6.07) is -15.4. The van der Waals surface area contributed by atoms with Crippen molar-refractivity contribution >= 4 is 77.7 Å². The molecule has 1 fully saturated rings. The Morgan fingerprint density at radius 1 is 0.667 bits per heavy atom. The van der Waals surface area contributed by atoms with Crippen LogP contribution in [-0.4, -0.2) is 203 Å². The maximum atomic E-state index is 14.0. The number of amides is 10. The van der Waals surface area contributed by atoms with Gasteiger partial charge in [-0.2, -0.15) is 12.6 Å². The van der Waals surface area contributed by atoms with Gasteiger partial charge in [-0.1, -0.05) is 27.7 Å². The van der Waals surface area contributed by atoms with Crippen molar-refractivity contribution in [2.24, 2.45) is 23.3 Å². The first-order valence-electron chi connectivity index (χ1n) is 24.3. The van der Waals surface area contributed by atoms with E-state index < -0.39 is 163 Å². The van der Waals surface area contributed by atoms with E-state index in [2.05, 4.69) is 59.8 Å². The van der Waals surface area contributed by atoms with Gasteiger partial charge in [0.25, 0.3) is 0 Å². The van der Waals surface area contributed by atoms with Gasteiger partial charge in [-0.15, -0.1) is 0 Å². The minimum atomic E-state index is -1.87. The van der Waals surface area contributed by atoms with Crippen LogP contribution in [0, 0.1) is 11.8 Å². The minimum absolute atomic E-state index is 0.0121. The second-order valence-electron chi connectivity index (χ2n) is 19.2. The van der Waals surface area contributed by atoms with E-state index >= 15 is 0 Å². The molecule has 0 aromatic carbocycles. The molecule has 1 aliphatic heterocycles. The highest BCUT2D eigenvalue weighted by Crippen LogP contribution is 2.20. The van der Waals surface area contributed by atoms with E-state index in [-0.39, 0.29) is 44.1 Å². The summed E-state index contributed by atoms with van der Waals surface area (Å²) in [7, 11) is 0. The fraction of sp³-hybridized carbons (Fsp3) is 0.689. The Balaban J connectivity index is 2.23. The number of carboxylic acids is 1. The number of thiol groups is 1. The number of carbonyl (C=O) groups excluding carboxylic acids is 10. The number of likely N-dealkylation sites (tertiary alicyclic amines) is 1. The summed E-state index contributed by atoms with van der Waals surface area (Å²) in [5.74, 6) is -12.2. The number of nitrogens with one attached hydrogen (secondary N) is 9. The van der Waals surface area contributed by atoms with Crippen molar-refractivity contribution < 1.29 is 78.3 Å². The average molecular weight is 1090 g/mol. The molecule has 0 bridgehead atoms. The lowest BCUT2D eigenvalue weighted by atomic mass is 10.0. The highest BCUT2D eigenvalue weighted by atomic mass is 32.1. The van der Waals surface area contributed by atoms with Crippen molar-refractivity contribution in [2.45, 2.75) is 166 Å². The number of H-pyrrole nitrogens is 1. The molecule has 0 unspecified atom stereocenters. The van der Waals surface area contributed by atoms with E-state index in [9.17, 15) is 78.3 Å². The molecule has 1 saturated heterocycles. The second-order valence-corrected chi connectivity index (χ2v) is 19.6. The van der Waals surface area contributed by atoms with Gasteiger partial charge >= 0.3 is 5.97 Å². The van der Waals surface area contributed by atoms with Gasteiger partial charge in [0, 0.05) is 30.6 Å². The maximum Gasteiger partial charge on any atom is 0.326 e. The normalized spacial score (nSPS) is 18.2. The Kier molecular flexibility index (Phi) is 26.5. The van der Waals surface area contributed by atoms with Crippen LogP contribution in [0.4, 0.5) is 0 Å². The standard InChI is InChI=1S/C45H75N13O16S/c1-19(2)11-25(46)36(64)50-27(13-24-15-48-18-49-24)38(66)55-33(21(5)60)42(70)53-29(16-59)44(72)58-10-8-9-31(58)40(68)51-26(12-20(3)4)37(65)54-30(17-75)39(67)56-35(23(7)62)43(71)57-34(22(6)61)41(69)52-28(45(73)74)14-32(47)63/h15,18-23,25-31,33-35,59-62,75H,8-14,16-17,46H2,1-7H3,(H2,47,63)(H,48,49)(H,50,64)(H,51,68)(H,52,69)(H,53,70)(H,54,65)(H,55,66)(H,56,67)(H,57,71)(H,73,74)/t21-,22-,23-,25+,26+,27+,28+,29+,30+,31+,33+,34+,35+/m1/s1. The summed E-state index contributed by atoms with van der Waals surface area (Å²) < 4.78 is 0. The number of imidazole rings is 1. The molecule has 422 valence electrons. The van der Waals surface area contributed by atoms with Gasteiger partial charge in [0.05, 0.1) is 43.7 Å². The number of aromatic nitrogens is 2. The first-order valence-corrected chi connectivity index (χ1v) is 24.9. The number of hydrogen-bond donors (Lipinski definition) is 17. The Hall–Kier alpha value is -6.47. The summed E-state index contributed by atoms with van der Waals surface area (Å²) in [6.45, 7) is 9.48. The van der Waals surface area contributed by atoms with Crippen molar-refractivity contribution in [3.8, 4) is 0 Å². The Bertz CT molecular complexity index is 2150. The highest BCUT2D eigenvalue weighted by molar-refractivity contribution is 7.80. The molecule has 0 radical (unpaired) electrons. The van der Waals surface area contributed by atoms with Crippen LogP contribution in [0.15, 0.2) is 12.5 Å². The van der Waals surface area contributed by atoms with Crippen LogP contribution >= 0.6 is 12.6 Å². The monoisotopic (exact) mass is 1090 g/mol. The third-order valence-corrected chi connectivity index (χ3v) is 12.0. The third kappa shape index (κ3) is 20.6. The number of aromatic amines is 1. The van der Waals surface area contributed by atoms with Crippen LogP contribution in [0.1, 0.15) is 86.3 Å². The van der Waals surface area contributed by atoms with Crippen molar-refractivity contribution in [1.29, 1.82) is 0 Å². The van der Waals surface area contributed by atoms with Crippen molar-refractivity contribution in [3.63, 3.8) is 0 Å². The summed E-state index contributed by atoms with van der Waals surface area (Å²) in [4.78, 5) is 152. The minimum Gasteiger partial charge on any atom is -0.480 e. The lowest BCUT2D eigenvalue weighted by Crippen LogP contribution is -2.63. The van der Waals surface area contributed by atoms with E-state index in [1.54, 1.807) is 13.8 Å². The zero-order valence-electron chi connectivity index (χ0n) is 42.9. The summed E-state index contributed by atoms with van der Waals surface area (Å²) in [5, 5.41) is 69.7. The average Bonchev–Trinajstić information content (AvgIpc) is 4.03. The molecule has 1 aromatic heterocycles. The predicted molar refractivity (Wildman–Crippen MR) is 267 cm³/mol. The molecule has 29 nitrogen and oxygen atoms in total. The molecule has 10 amide bonds. The number of carboxylic acid groups (broad SMARTS) is 1. The lowest BCUT2D eigenvalue weighted by molar-refractivity contribution is -0.144. The Morgan fingerprint density at radius 3 is 1.59 bits per heavy atom. The zero-order chi connectivity index (χ0) is 57.0. The van der Waals surface area contributed by atoms with Crippen LogP contribution in [0.25, 0.3) is 0 Å². The van der Waals surface area contributed by atoms with E-state index in [0.29, 0.717) is 12.1 Å². The fourth-order valence-electron chi connectivity index (χ4n) is 7.74. The van der Waals surface area contributed by atoms with Crippen molar-refractivity contribution in [3.05, 3.63) is 18.2 Å². The second kappa shape index (κ2) is 30.8. The van der Waals surface area contributed by atoms with Gasteiger partial charge < -0.3 is 89.4 Å². The Labute approximate surface area is 438 Å². The van der Waals surface area contributed by atoms with Crippen LogP contribution in [0.2, 0.25) is 0 Å². The number of primary amides is 1.